The number of hydrogen-bond donors (Lipinski definition) is 3. The van der Waals surface area contributed by atoms with Gasteiger partial charge in [-0.3, -0.25) is 14.5 Å². The van der Waals surface area contributed by atoms with E-state index in [1.165, 1.54) is 28.4 Å². The van der Waals surface area contributed by atoms with Crippen molar-refractivity contribution in [2.75, 3.05) is 18.1 Å². The van der Waals surface area contributed by atoms with E-state index in [-0.39, 0.29) is 29.3 Å². The van der Waals surface area contributed by atoms with E-state index in [9.17, 15) is 19.5 Å². The summed E-state index contributed by atoms with van der Waals surface area (Å²) >= 11 is 2.82. The molecule has 2 heterocycles. The van der Waals surface area contributed by atoms with Crippen LogP contribution in [0.5, 0.6) is 0 Å². The fourth-order valence-corrected chi connectivity index (χ4v) is 5.31. The maximum absolute atomic E-state index is 12.5. The Morgan fingerprint density at radius 3 is 2.73 bits per heavy atom. The lowest BCUT2D eigenvalue weighted by atomic mass is 10.0. The number of carboxylic acid groups (broad SMARTS) is 1. The number of carboxylic acids is 1. The average Bonchev–Trinajstić information content (AvgIpc) is 2.64. The second-order valence-corrected chi connectivity index (χ2v) is 8.13. The molecule has 1 saturated heterocycles. The Hall–Kier alpha value is -1.97. The number of benzene rings is 1. The highest BCUT2D eigenvalue weighted by atomic mass is 32.2. The molecule has 2 aliphatic rings. The second-order valence-electron chi connectivity index (χ2n) is 5.83. The van der Waals surface area contributed by atoms with Crippen LogP contribution in [0.15, 0.2) is 40.9 Å². The number of nitrogens with one attached hydrogen (secondary N) is 1. The molecule has 2 atom stereocenters. The molecule has 0 aromatic heterocycles. The number of nitrogens with two attached hydrogens (primary N) is 1. The third kappa shape index (κ3) is 3.74. The van der Waals surface area contributed by atoms with E-state index in [2.05, 4.69) is 5.32 Å². The molecule has 0 spiro atoms. The van der Waals surface area contributed by atoms with Gasteiger partial charge in [0.1, 0.15) is 17.1 Å². The number of carbonyl (C=O) groups excluding carboxylic acids is 2. The number of fused-ring (bicyclic) bond motifs is 1. The molecular formula is C17H19N3O4S2. The predicted octanol–water partition coefficient (Wildman–Crippen LogP) is 0.617. The van der Waals surface area contributed by atoms with E-state index in [0.29, 0.717) is 23.0 Å². The molecule has 0 radical (unpaired) electrons. The Kier molecular flexibility index (Phi) is 5.90. The molecule has 26 heavy (non-hydrogen) atoms. The molecule has 138 valence electrons. The summed E-state index contributed by atoms with van der Waals surface area (Å²) in [7, 11) is 0. The minimum Gasteiger partial charge on any atom is -0.477 e. The Morgan fingerprint density at radius 1 is 1.35 bits per heavy atom. The average molecular weight is 393 g/mol. The number of thioether (sulfide) groups is 2. The van der Waals surface area contributed by atoms with Crippen LogP contribution in [0.25, 0.3) is 0 Å². The summed E-state index contributed by atoms with van der Waals surface area (Å²) in [6.07, 6.45) is 0.182. The minimum absolute atomic E-state index is 0.0192. The van der Waals surface area contributed by atoms with Gasteiger partial charge in [-0.25, -0.2) is 4.79 Å². The van der Waals surface area contributed by atoms with Crippen LogP contribution in [-0.2, 0) is 20.8 Å². The van der Waals surface area contributed by atoms with E-state index in [0.717, 1.165) is 5.56 Å². The molecule has 1 aromatic rings. The first-order valence-corrected chi connectivity index (χ1v) is 10.1. The summed E-state index contributed by atoms with van der Waals surface area (Å²) in [5.41, 5.74) is 6.36. The van der Waals surface area contributed by atoms with Crippen molar-refractivity contribution in [3.63, 3.8) is 0 Å². The first kappa shape index (κ1) is 18.8. The van der Waals surface area contributed by atoms with Crippen LogP contribution in [0.3, 0.4) is 0 Å². The number of rotatable bonds is 7. The van der Waals surface area contributed by atoms with Gasteiger partial charge in [-0.1, -0.05) is 30.3 Å². The van der Waals surface area contributed by atoms with Crippen molar-refractivity contribution in [2.24, 2.45) is 5.73 Å². The van der Waals surface area contributed by atoms with Gasteiger partial charge in [-0.05, 0) is 5.56 Å². The van der Waals surface area contributed by atoms with Gasteiger partial charge >= 0.3 is 5.97 Å². The zero-order chi connectivity index (χ0) is 18.7. The van der Waals surface area contributed by atoms with E-state index in [1.807, 2.05) is 30.3 Å². The van der Waals surface area contributed by atoms with E-state index in [4.69, 9.17) is 5.73 Å². The SMILES string of the molecule is NCCSC1=C(C(=O)O)N2C(=O)[C@@H](NC(=O)Cc3ccccc3)[C@@H]2SC1. The van der Waals surface area contributed by atoms with Crippen LogP contribution in [0.1, 0.15) is 5.56 Å². The molecule has 2 amide bonds. The van der Waals surface area contributed by atoms with E-state index in [1.54, 1.807) is 0 Å². The Balaban J connectivity index is 1.68. The maximum atomic E-state index is 12.5. The lowest BCUT2D eigenvalue weighted by Gasteiger charge is -2.49. The molecule has 0 unspecified atom stereocenters. The van der Waals surface area contributed by atoms with Crippen molar-refractivity contribution in [2.45, 2.75) is 17.8 Å². The molecule has 3 rings (SSSR count). The Bertz CT molecular complexity index is 754. The van der Waals surface area contributed by atoms with Crippen LogP contribution in [0, 0.1) is 0 Å². The normalized spacial score (nSPS) is 21.9. The van der Waals surface area contributed by atoms with Gasteiger partial charge in [0.05, 0.1) is 6.42 Å². The molecule has 1 aromatic carbocycles. The molecule has 4 N–H and O–H groups in total. The summed E-state index contributed by atoms with van der Waals surface area (Å²) in [5.74, 6) is -0.675. The van der Waals surface area contributed by atoms with Crippen molar-refractivity contribution < 1.29 is 19.5 Å². The third-order valence-corrected chi connectivity index (χ3v) is 6.64. The second kappa shape index (κ2) is 8.15. The van der Waals surface area contributed by atoms with Crippen LogP contribution >= 0.6 is 23.5 Å². The largest absolute Gasteiger partial charge is 0.477 e. The van der Waals surface area contributed by atoms with Gasteiger partial charge in [0, 0.05) is 23.0 Å². The summed E-state index contributed by atoms with van der Waals surface area (Å²) in [5, 5.41) is 11.9. The fourth-order valence-electron chi connectivity index (χ4n) is 2.89. The van der Waals surface area contributed by atoms with Crippen molar-refractivity contribution in [1.29, 1.82) is 0 Å². The van der Waals surface area contributed by atoms with Crippen LogP contribution in [0.4, 0.5) is 0 Å². The lowest BCUT2D eigenvalue weighted by Crippen LogP contribution is -2.70. The molecular weight excluding hydrogens is 374 g/mol. The highest BCUT2D eigenvalue weighted by molar-refractivity contribution is 8.06. The first-order chi connectivity index (χ1) is 12.5. The summed E-state index contributed by atoms with van der Waals surface area (Å²) in [4.78, 5) is 38.3. The Labute approximate surface area is 159 Å². The highest BCUT2D eigenvalue weighted by Crippen LogP contribution is 2.43. The summed E-state index contributed by atoms with van der Waals surface area (Å²) in [6.45, 7) is 0.432. The molecule has 1 fully saturated rings. The van der Waals surface area contributed by atoms with Gasteiger partial charge < -0.3 is 16.2 Å². The van der Waals surface area contributed by atoms with Gasteiger partial charge in [-0.15, -0.1) is 23.5 Å². The fraction of sp³-hybridized carbons (Fsp3) is 0.353. The summed E-state index contributed by atoms with van der Waals surface area (Å²) in [6, 6.07) is 8.56. The standard InChI is InChI=1S/C17H19N3O4S2/c18-6-7-25-11-9-26-16-13(15(22)20(16)14(11)17(23)24)19-12(21)8-10-4-2-1-3-5-10/h1-5,13,16H,6-9,18H2,(H,19,21)(H,23,24)/t13-,16+/m1/s1. The number of hydrogen-bond acceptors (Lipinski definition) is 6. The van der Waals surface area contributed by atoms with Crippen molar-refractivity contribution in [1.82, 2.24) is 10.2 Å². The number of aliphatic carboxylic acids is 1. The number of nitrogens with zero attached hydrogens (tertiary/aromatic N) is 1. The van der Waals surface area contributed by atoms with Crippen molar-refractivity contribution in [3.05, 3.63) is 46.5 Å². The van der Waals surface area contributed by atoms with Crippen LogP contribution < -0.4 is 11.1 Å². The molecule has 0 aliphatic carbocycles. The molecule has 2 aliphatic heterocycles. The monoisotopic (exact) mass is 393 g/mol. The smallest absolute Gasteiger partial charge is 0.353 e. The van der Waals surface area contributed by atoms with Gasteiger partial charge in [0.2, 0.25) is 5.91 Å². The molecule has 9 heteroatoms. The lowest BCUT2D eigenvalue weighted by molar-refractivity contribution is -0.150. The van der Waals surface area contributed by atoms with Crippen LogP contribution in [-0.4, -0.2) is 57.3 Å². The summed E-state index contributed by atoms with van der Waals surface area (Å²) < 4.78 is 0. The van der Waals surface area contributed by atoms with Gasteiger partial charge in [-0.2, -0.15) is 0 Å². The zero-order valence-electron chi connectivity index (χ0n) is 13.9. The van der Waals surface area contributed by atoms with Crippen molar-refractivity contribution >= 4 is 41.3 Å². The highest BCUT2D eigenvalue weighted by Gasteiger charge is 2.54. The maximum Gasteiger partial charge on any atom is 0.353 e. The van der Waals surface area contributed by atoms with E-state index < -0.39 is 12.0 Å². The predicted molar refractivity (Wildman–Crippen MR) is 101 cm³/mol. The van der Waals surface area contributed by atoms with Crippen LogP contribution in [0.2, 0.25) is 0 Å². The van der Waals surface area contributed by atoms with Gasteiger partial charge in [0.15, 0.2) is 0 Å². The Morgan fingerprint density at radius 2 is 2.08 bits per heavy atom. The number of β-lactam (4-membered cyclic amide) rings is 1. The number of carbonyl (C=O) groups is 3. The van der Waals surface area contributed by atoms with Gasteiger partial charge in [0.25, 0.3) is 5.91 Å². The van der Waals surface area contributed by atoms with Crippen molar-refractivity contribution in [3.8, 4) is 0 Å². The molecule has 7 nitrogen and oxygen atoms in total. The zero-order valence-corrected chi connectivity index (χ0v) is 15.5. The number of amides is 2. The van der Waals surface area contributed by atoms with E-state index >= 15 is 0 Å². The first-order valence-electron chi connectivity index (χ1n) is 8.10. The quantitative estimate of drug-likeness (QED) is 0.582. The topological polar surface area (TPSA) is 113 Å². The minimum atomic E-state index is -1.13. The third-order valence-electron chi connectivity index (χ3n) is 4.05. The molecule has 0 saturated carbocycles. The molecule has 0 bridgehead atoms.